The van der Waals surface area contributed by atoms with Crippen LogP contribution in [0.2, 0.25) is 0 Å². The first kappa shape index (κ1) is 16.6. The molecule has 0 saturated heterocycles. The van der Waals surface area contributed by atoms with Gasteiger partial charge in [0.15, 0.2) is 0 Å². The van der Waals surface area contributed by atoms with Gasteiger partial charge in [0.2, 0.25) is 11.7 Å². The molecule has 0 atom stereocenters. The summed E-state index contributed by atoms with van der Waals surface area (Å²) in [5.74, 6) is -0.154. The van der Waals surface area contributed by atoms with Crippen LogP contribution in [0, 0.1) is 5.92 Å². The van der Waals surface area contributed by atoms with Gasteiger partial charge in [0.05, 0.1) is 0 Å². The summed E-state index contributed by atoms with van der Waals surface area (Å²) < 4.78 is 5.74. The van der Waals surface area contributed by atoms with Gasteiger partial charge in [-0.15, -0.1) is 0 Å². The lowest BCUT2D eigenvalue weighted by molar-refractivity contribution is -0.119. The van der Waals surface area contributed by atoms with E-state index in [2.05, 4.69) is 10.6 Å². The minimum absolute atomic E-state index is 0.0242. The van der Waals surface area contributed by atoms with Crippen molar-refractivity contribution in [1.82, 2.24) is 5.32 Å². The minimum atomic E-state index is -0.386. The van der Waals surface area contributed by atoms with Crippen molar-refractivity contribution in [3.63, 3.8) is 0 Å². The molecule has 2 amide bonds. The Kier molecular flexibility index (Phi) is 4.35. The van der Waals surface area contributed by atoms with Crippen molar-refractivity contribution < 1.29 is 14.0 Å². The van der Waals surface area contributed by atoms with Gasteiger partial charge in [-0.05, 0) is 45.7 Å². The van der Waals surface area contributed by atoms with Gasteiger partial charge in [-0.2, -0.15) is 0 Å². The molecule has 0 radical (unpaired) electrons. The minimum Gasteiger partial charge on any atom is -0.449 e. The molecule has 1 aliphatic rings. The molecule has 5 nitrogen and oxygen atoms in total. The fraction of sp³-hybridized carbons (Fsp3) is 0.474. The summed E-state index contributed by atoms with van der Waals surface area (Å²) in [5.41, 5.74) is 0.686. The van der Waals surface area contributed by atoms with Crippen LogP contribution in [0.5, 0.6) is 0 Å². The molecule has 2 N–H and O–H groups in total. The molecule has 24 heavy (non-hydrogen) atoms. The van der Waals surface area contributed by atoms with Gasteiger partial charge in [-0.1, -0.05) is 25.0 Å². The summed E-state index contributed by atoms with van der Waals surface area (Å²) in [6, 6.07) is 7.37. The third-order valence-corrected chi connectivity index (χ3v) is 4.26. The van der Waals surface area contributed by atoms with Crippen LogP contribution in [-0.2, 0) is 4.79 Å². The second-order valence-electron chi connectivity index (χ2n) is 7.48. The standard InChI is InChI=1S/C19H24N2O3/c1-19(2,3)21-18(23)16-15(13-10-6-7-11-14(13)24-16)20-17(22)12-8-4-5-9-12/h6-7,10-12H,4-5,8-9H2,1-3H3,(H,20,22)(H,21,23). The van der Waals surface area contributed by atoms with E-state index in [1.807, 2.05) is 39.0 Å². The van der Waals surface area contributed by atoms with Gasteiger partial charge < -0.3 is 15.1 Å². The number of nitrogens with one attached hydrogen (secondary N) is 2. The second kappa shape index (κ2) is 6.30. The van der Waals surface area contributed by atoms with Gasteiger partial charge in [0.25, 0.3) is 5.91 Å². The van der Waals surface area contributed by atoms with Crippen LogP contribution in [0.4, 0.5) is 5.69 Å². The number of para-hydroxylation sites is 1. The number of hydrogen-bond acceptors (Lipinski definition) is 3. The average molecular weight is 328 g/mol. The topological polar surface area (TPSA) is 71.3 Å². The molecule has 0 aliphatic heterocycles. The number of fused-ring (bicyclic) bond motifs is 1. The summed E-state index contributed by atoms with van der Waals surface area (Å²) in [6.07, 6.45) is 3.99. The molecule has 0 spiro atoms. The lowest BCUT2D eigenvalue weighted by Crippen LogP contribution is -2.40. The fourth-order valence-electron chi connectivity index (χ4n) is 3.14. The van der Waals surface area contributed by atoms with Crippen molar-refractivity contribution in [2.45, 2.75) is 52.0 Å². The normalized spacial score (nSPS) is 15.6. The number of anilines is 1. The first-order valence-corrected chi connectivity index (χ1v) is 8.50. The highest BCUT2D eigenvalue weighted by atomic mass is 16.3. The van der Waals surface area contributed by atoms with Gasteiger partial charge in [-0.3, -0.25) is 9.59 Å². The maximum Gasteiger partial charge on any atom is 0.289 e. The van der Waals surface area contributed by atoms with Crippen molar-refractivity contribution >= 4 is 28.5 Å². The Morgan fingerprint density at radius 2 is 1.79 bits per heavy atom. The Morgan fingerprint density at radius 3 is 2.46 bits per heavy atom. The summed E-state index contributed by atoms with van der Waals surface area (Å²) >= 11 is 0. The molecule has 1 aromatic heterocycles. The van der Waals surface area contributed by atoms with E-state index < -0.39 is 0 Å². The summed E-state index contributed by atoms with van der Waals surface area (Å²) in [7, 11) is 0. The largest absolute Gasteiger partial charge is 0.449 e. The molecule has 1 fully saturated rings. The fourth-order valence-corrected chi connectivity index (χ4v) is 3.14. The zero-order valence-electron chi connectivity index (χ0n) is 14.4. The number of benzene rings is 1. The van der Waals surface area contributed by atoms with Crippen LogP contribution < -0.4 is 10.6 Å². The predicted octanol–water partition coefficient (Wildman–Crippen LogP) is 4.09. The predicted molar refractivity (Wildman–Crippen MR) is 94.0 cm³/mol. The highest BCUT2D eigenvalue weighted by Gasteiger charge is 2.28. The van der Waals surface area contributed by atoms with Crippen molar-refractivity contribution in [1.29, 1.82) is 0 Å². The van der Waals surface area contributed by atoms with Crippen molar-refractivity contribution in [3.05, 3.63) is 30.0 Å². The van der Waals surface area contributed by atoms with Gasteiger partial charge in [0, 0.05) is 16.8 Å². The summed E-state index contributed by atoms with van der Waals surface area (Å²) in [4.78, 5) is 25.1. The van der Waals surface area contributed by atoms with E-state index in [4.69, 9.17) is 4.42 Å². The SMILES string of the molecule is CC(C)(C)NC(=O)c1oc2ccccc2c1NC(=O)C1CCCC1. The lowest BCUT2D eigenvalue weighted by atomic mass is 10.1. The Balaban J connectivity index is 1.95. The molecular weight excluding hydrogens is 304 g/mol. The zero-order chi connectivity index (χ0) is 17.3. The number of carbonyl (C=O) groups is 2. The number of furan rings is 1. The monoisotopic (exact) mass is 328 g/mol. The Labute approximate surface area is 141 Å². The third kappa shape index (κ3) is 3.45. The van der Waals surface area contributed by atoms with Gasteiger partial charge >= 0.3 is 0 Å². The van der Waals surface area contributed by atoms with E-state index >= 15 is 0 Å². The third-order valence-electron chi connectivity index (χ3n) is 4.26. The van der Waals surface area contributed by atoms with E-state index in [0.717, 1.165) is 31.1 Å². The Hall–Kier alpha value is -2.30. The quantitative estimate of drug-likeness (QED) is 0.891. The molecule has 128 valence electrons. The molecule has 5 heteroatoms. The molecular formula is C19H24N2O3. The van der Waals surface area contributed by atoms with Crippen LogP contribution in [0.15, 0.2) is 28.7 Å². The summed E-state index contributed by atoms with van der Waals surface area (Å²) in [6.45, 7) is 5.72. The smallest absolute Gasteiger partial charge is 0.289 e. The number of hydrogen-bond donors (Lipinski definition) is 2. The van der Waals surface area contributed by atoms with Crippen LogP contribution >= 0.6 is 0 Å². The highest BCUT2D eigenvalue weighted by Crippen LogP contribution is 2.33. The molecule has 1 heterocycles. The van der Waals surface area contributed by atoms with Crippen LogP contribution in [-0.4, -0.2) is 17.4 Å². The van der Waals surface area contributed by atoms with E-state index in [1.54, 1.807) is 6.07 Å². The van der Waals surface area contributed by atoms with E-state index in [1.165, 1.54) is 0 Å². The number of carbonyl (C=O) groups excluding carboxylic acids is 2. The molecule has 1 saturated carbocycles. The first-order chi connectivity index (χ1) is 11.3. The molecule has 2 aromatic rings. The van der Waals surface area contributed by atoms with Crippen molar-refractivity contribution in [2.75, 3.05) is 5.32 Å². The van der Waals surface area contributed by atoms with Gasteiger partial charge in [0.1, 0.15) is 11.3 Å². The van der Waals surface area contributed by atoms with Crippen LogP contribution in [0.25, 0.3) is 11.0 Å². The first-order valence-electron chi connectivity index (χ1n) is 8.50. The number of rotatable bonds is 3. The van der Waals surface area contributed by atoms with Crippen molar-refractivity contribution in [2.24, 2.45) is 5.92 Å². The van der Waals surface area contributed by atoms with E-state index in [0.29, 0.717) is 11.3 Å². The summed E-state index contributed by atoms with van der Waals surface area (Å²) in [5, 5.41) is 6.60. The molecule has 1 aromatic carbocycles. The second-order valence-corrected chi connectivity index (χ2v) is 7.48. The van der Waals surface area contributed by atoms with Crippen LogP contribution in [0.3, 0.4) is 0 Å². The molecule has 0 unspecified atom stereocenters. The molecule has 3 rings (SSSR count). The number of amides is 2. The highest BCUT2D eigenvalue weighted by molar-refractivity contribution is 6.11. The Bertz CT molecular complexity index is 765. The maximum atomic E-state index is 12.6. The lowest BCUT2D eigenvalue weighted by Gasteiger charge is -2.20. The van der Waals surface area contributed by atoms with Crippen molar-refractivity contribution in [3.8, 4) is 0 Å². The maximum absolute atomic E-state index is 12.6. The van der Waals surface area contributed by atoms with E-state index in [9.17, 15) is 9.59 Å². The van der Waals surface area contributed by atoms with Gasteiger partial charge in [-0.25, -0.2) is 0 Å². The Morgan fingerprint density at radius 1 is 1.12 bits per heavy atom. The van der Waals surface area contributed by atoms with E-state index in [-0.39, 0.29) is 29.0 Å². The molecule has 1 aliphatic carbocycles. The zero-order valence-corrected chi connectivity index (χ0v) is 14.4. The van der Waals surface area contributed by atoms with Crippen LogP contribution in [0.1, 0.15) is 57.0 Å². The average Bonchev–Trinajstić information content (AvgIpc) is 3.13. The molecule has 0 bridgehead atoms.